The zero-order chi connectivity index (χ0) is 11.9. The molecule has 2 aromatic carbocycles. The van der Waals surface area contributed by atoms with E-state index in [0.717, 1.165) is 10.9 Å². The smallest absolute Gasteiger partial charge is 0.744 e. The second-order valence-corrected chi connectivity index (χ2v) is 5.14. The average molecular weight is 258 g/mol. The van der Waals surface area contributed by atoms with E-state index in [1.54, 1.807) is 32.0 Å². The van der Waals surface area contributed by atoms with E-state index in [2.05, 4.69) is 0 Å². The van der Waals surface area contributed by atoms with E-state index in [4.69, 9.17) is 0 Å². The molecule has 0 aliphatic rings. The molecule has 0 aliphatic heterocycles. The van der Waals surface area contributed by atoms with Crippen molar-refractivity contribution in [3.63, 3.8) is 0 Å². The van der Waals surface area contributed by atoms with Gasteiger partial charge in [-0.05, 0) is 35.7 Å². The maximum absolute atomic E-state index is 11.3. The Labute approximate surface area is 123 Å². The van der Waals surface area contributed by atoms with Gasteiger partial charge in [0.1, 0.15) is 10.1 Å². The van der Waals surface area contributed by atoms with Gasteiger partial charge < -0.3 is 4.55 Å². The summed E-state index contributed by atoms with van der Waals surface area (Å²) in [4.78, 5) is -0.0944. The van der Waals surface area contributed by atoms with Crippen molar-refractivity contribution in [1.82, 2.24) is 0 Å². The van der Waals surface area contributed by atoms with E-state index >= 15 is 0 Å². The number of aryl methyl sites for hydroxylation is 1. The first kappa shape index (κ1) is 14.7. The summed E-state index contributed by atoms with van der Waals surface area (Å²) in [6, 6.07) is 8.90. The standard InChI is InChI=1S/C12H12O3S.Na/c1-8-7-10-5-3-4-6-11(10)12(9(8)2)16(13,14)15;/h3-7H,1-2H3,(H,13,14,15);/q;+1/p-1. The number of hydrogen-bond donors (Lipinski definition) is 0. The molecule has 0 unspecified atom stereocenters. The third-order valence-electron chi connectivity index (χ3n) is 2.76. The average Bonchev–Trinajstić information content (AvgIpc) is 2.17. The number of benzene rings is 2. The first-order chi connectivity index (χ1) is 7.41. The summed E-state index contributed by atoms with van der Waals surface area (Å²) in [5.74, 6) is 0. The van der Waals surface area contributed by atoms with E-state index in [-0.39, 0.29) is 34.5 Å². The van der Waals surface area contributed by atoms with Crippen LogP contribution in [0, 0.1) is 13.8 Å². The van der Waals surface area contributed by atoms with Crippen molar-refractivity contribution in [1.29, 1.82) is 0 Å². The molecule has 3 nitrogen and oxygen atoms in total. The van der Waals surface area contributed by atoms with Crippen LogP contribution in [0.2, 0.25) is 0 Å². The molecule has 0 saturated heterocycles. The van der Waals surface area contributed by atoms with Gasteiger partial charge in [-0.25, -0.2) is 8.42 Å². The predicted molar refractivity (Wildman–Crippen MR) is 61.4 cm³/mol. The van der Waals surface area contributed by atoms with Gasteiger partial charge in [-0.15, -0.1) is 0 Å². The van der Waals surface area contributed by atoms with Gasteiger partial charge >= 0.3 is 29.6 Å². The molecule has 0 fully saturated rings. The Morgan fingerprint density at radius 3 is 2.29 bits per heavy atom. The van der Waals surface area contributed by atoms with Gasteiger partial charge in [-0.1, -0.05) is 30.3 Å². The molecule has 5 heteroatoms. The molecule has 0 spiro atoms. The van der Waals surface area contributed by atoms with Crippen LogP contribution in [0.25, 0.3) is 10.8 Å². The Morgan fingerprint density at radius 1 is 1.12 bits per heavy atom. The predicted octanol–water partition coefficient (Wildman–Crippen LogP) is -0.635. The molecule has 2 rings (SSSR count). The van der Waals surface area contributed by atoms with Crippen molar-refractivity contribution in [2.24, 2.45) is 0 Å². The Bertz CT molecular complexity index is 663. The van der Waals surface area contributed by atoms with Crippen molar-refractivity contribution < 1.29 is 42.5 Å². The Morgan fingerprint density at radius 2 is 1.71 bits per heavy atom. The Hall–Kier alpha value is -0.390. The maximum atomic E-state index is 11.3. The van der Waals surface area contributed by atoms with Crippen LogP contribution in [-0.2, 0) is 10.1 Å². The summed E-state index contributed by atoms with van der Waals surface area (Å²) >= 11 is 0. The quantitative estimate of drug-likeness (QED) is 0.505. The topological polar surface area (TPSA) is 57.2 Å². The molecule has 17 heavy (non-hydrogen) atoms. The van der Waals surface area contributed by atoms with Crippen LogP contribution in [0.4, 0.5) is 0 Å². The van der Waals surface area contributed by atoms with E-state index < -0.39 is 10.1 Å². The minimum Gasteiger partial charge on any atom is -0.744 e. The summed E-state index contributed by atoms with van der Waals surface area (Å²) in [7, 11) is -4.43. The molecule has 2 aromatic rings. The zero-order valence-electron chi connectivity index (χ0n) is 10.0. The van der Waals surface area contributed by atoms with Crippen LogP contribution in [0.5, 0.6) is 0 Å². The second kappa shape index (κ2) is 5.08. The summed E-state index contributed by atoms with van der Waals surface area (Å²) in [5.41, 5.74) is 1.35. The van der Waals surface area contributed by atoms with Crippen LogP contribution in [0.3, 0.4) is 0 Å². The molecule has 0 N–H and O–H groups in total. The molecular formula is C12H11NaO3S. The van der Waals surface area contributed by atoms with Gasteiger partial charge in [0.15, 0.2) is 0 Å². The van der Waals surface area contributed by atoms with Gasteiger partial charge in [0.05, 0.1) is 4.90 Å². The third kappa shape index (κ3) is 2.72. The molecule has 0 saturated carbocycles. The van der Waals surface area contributed by atoms with E-state index in [9.17, 15) is 13.0 Å². The van der Waals surface area contributed by atoms with Crippen molar-refractivity contribution in [3.05, 3.63) is 41.5 Å². The van der Waals surface area contributed by atoms with E-state index in [1.807, 2.05) is 12.1 Å². The van der Waals surface area contributed by atoms with Crippen LogP contribution in [0.1, 0.15) is 11.1 Å². The van der Waals surface area contributed by atoms with Gasteiger partial charge in [0.25, 0.3) is 0 Å². The molecule has 0 aromatic heterocycles. The molecule has 84 valence electrons. The normalized spacial score (nSPS) is 11.2. The third-order valence-corrected chi connectivity index (χ3v) is 3.79. The van der Waals surface area contributed by atoms with Crippen LogP contribution in [0.15, 0.2) is 35.2 Å². The number of hydrogen-bond acceptors (Lipinski definition) is 3. The first-order valence-corrected chi connectivity index (χ1v) is 6.27. The SMILES string of the molecule is Cc1cc2ccccc2c(S(=O)(=O)[O-])c1C.[Na+]. The van der Waals surface area contributed by atoms with Gasteiger partial charge in [0, 0.05) is 0 Å². The van der Waals surface area contributed by atoms with Crippen LogP contribution >= 0.6 is 0 Å². The largest absolute Gasteiger partial charge is 1.00 e. The fourth-order valence-electron chi connectivity index (χ4n) is 1.87. The molecular weight excluding hydrogens is 247 g/mol. The maximum Gasteiger partial charge on any atom is 1.00 e. The van der Waals surface area contributed by atoms with Crippen molar-refractivity contribution in [3.8, 4) is 0 Å². The van der Waals surface area contributed by atoms with Gasteiger partial charge in [0.2, 0.25) is 0 Å². The van der Waals surface area contributed by atoms with Crippen LogP contribution < -0.4 is 29.6 Å². The fraction of sp³-hybridized carbons (Fsp3) is 0.167. The van der Waals surface area contributed by atoms with Crippen molar-refractivity contribution in [2.45, 2.75) is 18.7 Å². The van der Waals surface area contributed by atoms with E-state index in [1.165, 1.54) is 0 Å². The van der Waals surface area contributed by atoms with E-state index in [0.29, 0.717) is 10.9 Å². The Kier molecular flexibility index (Phi) is 4.38. The summed E-state index contributed by atoms with van der Waals surface area (Å²) in [6.07, 6.45) is 0. The van der Waals surface area contributed by atoms with Gasteiger partial charge in [-0.3, -0.25) is 0 Å². The first-order valence-electron chi connectivity index (χ1n) is 4.86. The monoisotopic (exact) mass is 258 g/mol. The van der Waals surface area contributed by atoms with Crippen molar-refractivity contribution >= 4 is 20.9 Å². The minimum atomic E-state index is -4.43. The zero-order valence-corrected chi connectivity index (χ0v) is 12.8. The molecule has 0 heterocycles. The van der Waals surface area contributed by atoms with Crippen molar-refractivity contribution in [2.75, 3.05) is 0 Å². The second-order valence-electron chi connectivity index (χ2n) is 3.82. The fourth-order valence-corrected chi connectivity index (χ4v) is 2.87. The summed E-state index contributed by atoms with van der Waals surface area (Å²) in [6.45, 7) is 3.46. The summed E-state index contributed by atoms with van der Waals surface area (Å²) in [5, 5.41) is 1.28. The molecule has 0 bridgehead atoms. The number of fused-ring (bicyclic) bond motifs is 1. The minimum absolute atomic E-state index is 0. The molecule has 0 atom stereocenters. The molecule has 0 aliphatic carbocycles. The van der Waals surface area contributed by atoms with Crippen LogP contribution in [-0.4, -0.2) is 13.0 Å². The molecule has 0 amide bonds. The summed E-state index contributed by atoms with van der Waals surface area (Å²) < 4.78 is 33.8. The Balaban J connectivity index is 0.00000144. The molecule has 0 radical (unpaired) electrons. The van der Waals surface area contributed by atoms with Gasteiger partial charge in [-0.2, -0.15) is 0 Å². The number of rotatable bonds is 1.